The molecule has 0 radical (unpaired) electrons. The lowest BCUT2D eigenvalue weighted by atomic mass is 10.00. The molecule has 8 heteroatoms. The lowest BCUT2D eigenvalue weighted by Crippen LogP contribution is -2.46. The smallest absolute Gasteiger partial charge is 0.328 e. The first-order valence-corrected chi connectivity index (χ1v) is 10.9. The van der Waals surface area contributed by atoms with E-state index in [2.05, 4.69) is 4.98 Å². The highest BCUT2D eigenvalue weighted by Gasteiger charge is 2.34. The molecule has 0 spiro atoms. The quantitative estimate of drug-likeness (QED) is 0.580. The monoisotopic (exact) mass is 453 g/mol. The van der Waals surface area contributed by atoms with E-state index in [1.165, 1.54) is 4.57 Å². The predicted molar refractivity (Wildman–Crippen MR) is 122 cm³/mol. The molecular weight excluding hydrogens is 430 g/mol. The van der Waals surface area contributed by atoms with Crippen molar-refractivity contribution in [3.8, 4) is 0 Å². The summed E-state index contributed by atoms with van der Waals surface area (Å²) >= 11 is 6.40. The van der Waals surface area contributed by atoms with Crippen LogP contribution in [0.2, 0.25) is 5.02 Å². The lowest BCUT2D eigenvalue weighted by molar-refractivity contribution is -0.150. The standard InChI is InChI=1S/C24H24ClN3O4/c1-2-32-23(30)21(17-10-6-7-11-19(17)25)27-13-12-20-18(15-27)22(29)28(24(31)26-20)14-16-8-4-3-5-9-16/h3-11,21H,2,12-15H2,1H3,(H,26,31). The molecule has 1 unspecified atom stereocenters. The molecule has 1 aliphatic rings. The van der Waals surface area contributed by atoms with Crippen LogP contribution in [0.25, 0.3) is 0 Å². The predicted octanol–water partition coefficient (Wildman–Crippen LogP) is 2.90. The van der Waals surface area contributed by atoms with Crippen LogP contribution in [0.4, 0.5) is 0 Å². The Morgan fingerprint density at radius 2 is 1.84 bits per heavy atom. The molecular formula is C24H24ClN3O4. The van der Waals surface area contributed by atoms with E-state index in [1.807, 2.05) is 41.3 Å². The highest BCUT2D eigenvalue weighted by molar-refractivity contribution is 6.31. The first-order valence-electron chi connectivity index (χ1n) is 10.5. The molecule has 1 aromatic heterocycles. The summed E-state index contributed by atoms with van der Waals surface area (Å²) in [6.45, 7) is 2.84. The molecule has 2 aromatic carbocycles. The number of rotatable bonds is 6. The number of fused-ring (bicyclic) bond motifs is 1. The number of carbonyl (C=O) groups excluding carboxylic acids is 1. The van der Waals surface area contributed by atoms with Crippen molar-refractivity contribution in [2.75, 3.05) is 13.2 Å². The van der Waals surface area contributed by atoms with Gasteiger partial charge in [0.2, 0.25) is 0 Å². The molecule has 1 N–H and O–H groups in total. The van der Waals surface area contributed by atoms with Crippen molar-refractivity contribution in [1.82, 2.24) is 14.5 Å². The molecule has 0 fully saturated rings. The second-order valence-corrected chi connectivity index (χ2v) is 8.07. The molecule has 3 aromatic rings. The Balaban J connectivity index is 1.71. The highest BCUT2D eigenvalue weighted by atomic mass is 35.5. The van der Waals surface area contributed by atoms with Crippen molar-refractivity contribution >= 4 is 17.6 Å². The average Bonchev–Trinajstić information content (AvgIpc) is 2.79. The molecule has 1 atom stereocenters. The van der Waals surface area contributed by atoms with Crippen molar-refractivity contribution in [2.24, 2.45) is 0 Å². The number of halogens is 1. The second kappa shape index (κ2) is 9.54. The van der Waals surface area contributed by atoms with E-state index < -0.39 is 17.7 Å². The van der Waals surface area contributed by atoms with Crippen LogP contribution in [0.3, 0.4) is 0 Å². The maximum atomic E-state index is 13.3. The van der Waals surface area contributed by atoms with Gasteiger partial charge in [0.25, 0.3) is 5.56 Å². The topological polar surface area (TPSA) is 84.4 Å². The number of hydrogen-bond donors (Lipinski definition) is 1. The molecule has 166 valence electrons. The van der Waals surface area contributed by atoms with Gasteiger partial charge < -0.3 is 9.72 Å². The number of benzene rings is 2. The van der Waals surface area contributed by atoms with Crippen molar-refractivity contribution in [3.05, 3.63) is 103 Å². The molecule has 7 nitrogen and oxygen atoms in total. The zero-order valence-electron chi connectivity index (χ0n) is 17.7. The maximum absolute atomic E-state index is 13.3. The van der Waals surface area contributed by atoms with Crippen LogP contribution in [0.1, 0.15) is 35.3 Å². The molecule has 4 rings (SSSR count). The summed E-state index contributed by atoms with van der Waals surface area (Å²) in [5.74, 6) is -0.418. The number of aromatic amines is 1. The molecule has 2 heterocycles. The summed E-state index contributed by atoms with van der Waals surface area (Å²) in [7, 11) is 0. The van der Waals surface area contributed by atoms with E-state index in [-0.39, 0.29) is 25.3 Å². The highest BCUT2D eigenvalue weighted by Crippen LogP contribution is 2.31. The zero-order chi connectivity index (χ0) is 22.7. The Bertz CT molecular complexity index is 1240. The molecule has 0 amide bonds. The lowest BCUT2D eigenvalue weighted by Gasteiger charge is -2.34. The van der Waals surface area contributed by atoms with Crippen LogP contribution >= 0.6 is 11.6 Å². The Morgan fingerprint density at radius 3 is 2.56 bits per heavy atom. The SMILES string of the molecule is CCOC(=O)C(c1ccccc1Cl)N1CCc2[nH]c(=O)n(Cc3ccccc3)c(=O)c2C1. The number of ether oxygens (including phenoxy) is 1. The Morgan fingerprint density at radius 1 is 1.12 bits per heavy atom. The van der Waals surface area contributed by atoms with Gasteiger partial charge in [-0.25, -0.2) is 9.59 Å². The van der Waals surface area contributed by atoms with E-state index in [9.17, 15) is 14.4 Å². The summed E-state index contributed by atoms with van der Waals surface area (Å²) in [6.07, 6.45) is 0.437. The van der Waals surface area contributed by atoms with Gasteiger partial charge in [0.15, 0.2) is 0 Å². The second-order valence-electron chi connectivity index (χ2n) is 7.66. The van der Waals surface area contributed by atoms with Crippen LogP contribution in [-0.4, -0.2) is 33.6 Å². The van der Waals surface area contributed by atoms with Gasteiger partial charge in [-0.3, -0.25) is 14.3 Å². The van der Waals surface area contributed by atoms with Crippen molar-refractivity contribution < 1.29 is 9.53 Å². The largest absolute Gasteiger partial charge is 0.465 e. The first-order chi connectivity index (χ1) is 15.5. The van der Waals surface area contributed by atoms with Crippen LogP contribution in [-0.2, 0) is 29.0 Å². The van der Waals surface area contributed by atoms with Crippen molar-refractivity contribution in [2.45, 2.75) is 32.5 Å². The fraction of sp³-hybridized carbons (Fsp3) is 0.292. The van der Waals surface area contributed by atoms with Crippen LogP contribution in [0.15, 0.2) is 64.2 Å². The summed E-state index contributed by atoms with van der Waals surface area (Å²) in [6, 6.07) is 15.7. The van der Waals surface area contributed by atoms with E-state index in [4.69, 9.17) is 16.3 Å². The molecule has 0 bridgehead atoms. The van der Waals surface area contributed by atoms with Gasteiger partial charge >= 0.3 is 11.7 Å². The number of aromatic nitrogens is 2. The number of hydrogen-bond acceptors (Lipinski definition) is 5. The fourth-order valence-electron chi connectivity index (χ4n) is 4.09. The van der Waals surface area contributed by atoms with Crippen molar-refractivity contribution in [1.29, 1.82) is 0 Å². The Hall–Kier alpha value is -3.16. The van der Waals surface area contributed by atoms with Gasteiger partial charge in [0.05, 0.1) is 18.7 Å². The van der Waals surface area contributed by atoms with Crippen LogP contribution < -0.4 is 11.2 Å². The number of nitrogens with one attached hydrogen (secondary N) is 1. The van der Waals surface area contributed by atoms with Crippen molar-refractivity contribution in [3.63, 3.8) is 0 Å². The van der Waals surface area contributed by atoms with E-state index >= 15 is 0 Å². The van der Waals surface area contributed by atoms with Crippen LogP contribution in [0.5, 0.6) is 0 Å². The van der Waals surface area contributed by atoms with E-state index in [0.29, 0.717) is 34.8 Å². The molecule has 0 aliphatic carbocycles. The van der Waals surface area contributed by atoms with Gasteiger partial charge in [-0.05, 0) is 24.1 Å². The summed E-state index contributed by atoms with van der Waals surface area (Å²) in [4.78, 5) is 43.5. The molecule has 0 saturated carbocycles. The minimum Gasteiger partial charge on any atom is -0.465 e. The fourth-order valence-corrected chi connectivity index (χ4v) is 4.33. The van der Waals surface area contributed by atoms with Gasteiger partial charge in [-0.1, -0.05) is 60.1 Å². The Kier molecular flexibility index (Phi) is 6.58. The molecule has 1 aliphatic heterocycles. The average molecular weight is 454 g/mol. The van der Waals surface area contributed by atoms with Gasteiger partial charge in [-0.2, -0.15) is 0 Å². The summed E-state index contributed by atoms with van der Waals surface area (Å²) in [5.41, 5.74) is 1.80. The minimum absolute atomic E-state index is 0.175. The van der Waals surface area contributed by atoms with E-state index in [1.54, 1.807) is 25.1 Å². The van der Waals surface area contributed by atoms with Gasteiger partial charge in [0.1, 0.15) is 6.04 Å². The normalized spacial score (nSPS) is 14.6. The number of nitrogens with zero attached hydrogens (tertiary/aromatic N) is 2. The third kappa shape index (κ3) is 4.40. The maximum Gasteiger partial charge on any atom is 0.328 e. The number of H-pyrrole nitrogens is 1. The van der Waals surface area contributed by atoms with Crippen LogP contribution in [0, 0.1) is 0 Å². The third-order valence-corrected chi connectivity index (χ3v) is 5.98. The Labute approximate surface area is 190 Å². The molecule has 32 heavy (non-hydrogen) atoms. The summed E-state index contributed by atoms with van der Waals surface area (Å²) in [5, 5.41) is 0.458. The van der Waals surface area contributed by atoms with Gasteiger partial charge in [-0.15, -0.1) is 0 Å². The molecule has 0 saturated heterocycles. The number of esters is 1. The minimum atomic E-state index is -0.745. The third-order valence-electron chi connectivity index (χ3n) is 5.64. The summed E-state index contributed by atoms with van der Waals surface area (Å²) < 4.78 is 6.53. The van der Waals surface area contributed by atoms with E-state index in [0.717, 1.165) is 5.56 Å². The first kappa shape index (κ1) is 22.0. The zero-order valence-corrected chi connectivity index (χ0v) is 18.5. The number of carbonyl (C=O) groups is 1. The van der Waals surface area contributed by atoms with Gasteiger partial charge in [0, 0.05) is 30.2 Å².